The number of amides is 1. The number of piperidine rings is 1. The highest BCUT2D eigenvalue weighted by Crippen LogP contribution is 2.40. The molecule has 22 heavy (non-hydrogen) atoms. The maximum absolute atomic E-state index is 12.8. The molecule has 3 heterocycles. The van der Waals surface area contributed by atoms with E-state index in [1.54, 1.807) is 0 Å². The van der Waals surface area contributed by atoms with Crippen molar-refractivity contribution < 1.29 is 9.18 Å². The van der Waals surface area contributed by atoms with Gasteiger partial charge in [0, 0.05) is 55.5 Å². The maximum Gasteiger partial charge on any atom is 0.223 e. The molecule has 1 atom stereocenters. The van der Waals surface area contributed by atoms with E-state index >= 15 is 0 Å². The summed E-state index contributed by atoms with van der Waals surface area (Å²) in [5.41, 5.74) is 0. The lowest BCUT2D eigenvalue weighted by atomic mass is 10.0. The van der Waals surface area contributed by atoms with E-state index in [9.17, 15) is 9.18 Å². The van der Waals surface area contributed by atoms with Gasteiger partial charge in [0.2, 0.25) is 11.0 Å². The highest BCUT2D eigenvalue weighted by atomic mass is 32.1. The molecule has 2 aliphatic heterocycles. The van der Waals surface area contributed by atoms with Crippen molar-refractivity contribution in [2.75, 3.05) is 31.2 Å². The standard InChI is InChI=1S/C15H21FN4OS/c16-8-10-7-13(21)20(9-10)12-3-5-19(6-4-12)15-17-14(18-22-15)11-1-2-11/h10-12H,1-9H2. The summed E-state index contributed by atoms with van der Waals surface area (Å²) in [5.74, 6) is 1.66. The number of halogens is 1. The number of nitrogens with zero attached hydrogens (tertiary/aromatic N) is 4. The first-order valence-electron chi connectivity index (χ1n) is 8.18. The molecule has 120 valence electrons. The first-order chi connectivity index (χ1) is 10.7. The molecule has 1 aromatic rings. The Bertz CT molecular complexity index is 553. The van der Waals surface area contributed by atoms with Gasteiger partial charge < -0.3 is 9.80 Å². The molecule has 0 N–H and O–H groups in total. The van der Waals surface area contributed by atoms with Crippen LogP contribution in [0.15, 0.2) is 0 Å². The van der Waals surface area contributed by atoms with Gasteiger partial charge >= 0.3 is 0 Å². The van der Waals surface area contributed by atoms with Crippen LogP contribution in [0, 0.1) is 5.92 Å². The largest absolute Gasteiger partial charge is 0.347 e. The molecule has 1 unspecified atom stereocenters. The Labute approximate surface area is 133 Å². The summed E-state index contributed by atoms with van der Waals surface area (Å²) in [7, 11) is 0. The number of likely N-dealkylation sites (tertiary alicyclic amines) is 1. The van der Waals surface area contributed by atoms with Gasteiger partial charge in [-0.3, -0.25) is 9.18 Å². The minimum absolute atomic E-state index is 0.0882. The quantitative estimate of drug-likeness (QED) is 0.852. The van der Waals surface area contributed by atoms with E-state index in [4.69, 9.17) is 0 Å². The predicted molar refractivity (Wildman–Crippen MR) is 82.9 cm³/mol. The van der Waals surface area contributed by atoms with Gasteiger partial charge in [-0.15, -0.1) is 0 Å². The Morgan fingerprint density at radius 2 is 2.00 bits per heavy atom. The number of hydrogen-bond acceptors (Lipinski definition) is 5. The normalized spacial score (nSPS) is 27.0. The van der Waals surface area contributed by atoms with Crippen LogP contribution in [0.3, 0.4) is 0 Å². The number of rotatable bonds is 4. The van der Waals surface area contributed by atoms with Crippen LogP contribution in [0.5, 0.6) is 0 Å². The first-order valence-corrected chi connectivity index (χ1v) is 8.96. The van der Waals surface area contributed by atoms with Crippen molar-refractivity contribution in [1.82, 2.24) is 14.3 Å². The second kappa shape index (κ2) is 5.76. The fraction of sp³-hybridized carbons (Fsp3) is 0.800. The zero-order valence-electron chi connectivity index (χ0n) is 12.6. The van der Waals surface area contributed by atoms with E-state index in [0.717, 1.165) is 36.9 Å². The Morgan fingerprint density at radius 1 is 1.23 bits per heavy atom. The van der Waals surface area contributed by atoms with Crippen LogP contribution in [-0.2, 0) is 4.79 Å². The van der Waals surface area contributed by atoms with Crippen LogP contribution in [0.4, 0.5) is 9.52 Å². The van der Waals surface area contributed by atoms with E-state index < -0.39 is 0 Å². The van der Waals surface area contributed by atoms with E-state index in [2.05, 4.69) is 14.3 Å². The SMILES string of the molecule is O=C1CC(CF)CN1C1CCN(c2nc(C3CC3)ns2)CC1. The molecule has 7 heteroatoms. The molecule has 0 aromatic carbocycles. The summed E-state index contributed by atoms with van der Waals surface area (Å²) in [4.78, 5) is 20.9. The smallest absolute Gasteiger partial charge is 0.223 e. The molecule has 5 nitrogen and oxygen atoms in total. The van der Waals surface area contributed by atoms with Gasteiger partial charge in [0.1, 0.15) is 5.82 Å². The molecule has 2 saturated heterocycles. The van der Waals surface area contributed by atoms with Gasteiger partial charge in [0.05, 0.1) is 6.67 Å². The average Bonchev–Trinajstić information content (AvgIpc) is 3.15. The zero-order chi connectivity index (χ0) is 15.1. The number of carbonyl (C=O) groups excluding carboxylic acids is 1. The maximum atomic E-state index is 12.8. The van der Waals surface area contributed by atoms with Gasteiger partial charge in [-0.2, -0.15) is 4.37 Å². The number of hydrogen-bond donors (Lipinski definition) is 0. The molecular formula is C15H21FN4OS. The molecule has 1 aromatic heterocycles. The molecular weight excluding hydrogens is 303 g/mol. The molecule has 0 bridgehead atoms. The van der Waals surface area contributed by atoms with E-state index in [0.29, 0.717) is 18.9 Å². The molecule has 4 rings (SSSR count). The minimum Gasteiger partial charge on any atom is -0.347 e. The topological polar surface area (TPSA) is 49.3 Å². The van der Waals surface area contributed by atoms with E-state index in [-0.39, 0.29) is 24.5 Å². The molecule has 1 aliphatic carbocycles. The van der Waals surface area contributed by atoms with E-state index in [1.807, 2.05) is 4.90 Å². The Balaban J connectivity index is 1.34. The monoisotopic (exact) mass is 324 g/mol. The van der Waals surface area contributed by atoms with Crippen molar-refractivity contribution in [3.05, 3.63) is 5.82 Å². The summed E-state index contributed by atoms with van der Waals surface area (Å²) < 4.78 is 17.2. The average molecular weight is 324 g/mol. The number of carbonyl (C=O) groups is 1. The fourth-order valence-corrected chi connectivity index (χ4v) is 4.29. The lowest BCUT2D eigenvalue weighted by Crippen LogP contribution is -2.45. The van der Waals surface area contributed by atoms with Crippen LogP contribution >= 0.6 is 11.5 Å². The molecule has 3 fully saturated rings. The van der Waals surface area contributed by atoms with Crippen molar-refractivity contribution >= 4 is 22.6 Å². The van der Waals surface area contributed by atoms with Crippen molar-refractivity contribution in [1.29, 1.82) is 0 Å². The second-order valence-corrected chi connectivity index (χ2v) is 7.43. The number of aromatic nitrogens is 2. The van der Waals surface area contributed by atoms with Crippen LogP contribution in [-0.4, -0.2) is 52.5 Å². The molecule has 3 aliphatic rings. The molecule has 0 radical (unpaired) electrons. The minimum atomic E-state index is -0.379. The summed E-state index contributed by atoms with van der Waals surface area (Å²) in [6.45, 7) is 2.04. The van der Waals surface area contributed by atoms with Crippen molar-refractivity contribution in [3.8, 4) is 0 Å². The third-order valence-corrected chi connectivity index (χ3v) is 5.80. The third-order valence-electron chi connectivity index (χ3n) is 5.01. The highest BCUT2D eigenvalue weighted by Gasteiger charge is 2.36. The van der Waals surface area contributed by atoms with Gasteiger partial charge in [-0.05, 0) is 25.7 Å². The first kappa shape index (κ1) is 14.4. The van der Waals surface area contributed by atoms with Gasteiger partial charge in [0.15, 0.2) is 0 Å². The van der Waals surface area contributed by atoms with Gasteiger partial charge in [-0.1, -0.05) is 0 Å². The Morgan fingerprint density at radius 3 is 2.64 bits per heavy atom. The van der Waals surface area contributed by atoms with Crippen LogP contribution in [0.25, 0.3) is 0 Å². The predicted octanol–water partition coefficient (Wildman–Crippen LogP) is 2.20. The van der Waals surface area contributed by atoms with E-state index in [1.165, 1.54) is 24.4 Å². The number of anilines is 1. The molecule has 1 amide bonds. The van der Waals surface area contributed by atoms with Gasteiger partial charge in [-0.25, -0.2) is 4.98 Å². The highest BCUT2D eigenvalue weighted by molar-refractivity contribution is 7.09. The van der Waals surface area contributed by atoms with Crippen molar-refractivity contribution in [2.24, 2.45) is 5.92 Å². The summed E-state index contributed by atoms with van der Waals surface area (Å²) in [5, 5.41) is 1.02. The van der Waals surface area contributed by atoms with Crippen molar-refractivity contribution in [2.45, 2.75) is 44.1 Å². The van der Waals surface area contributed by atoms with Crippen LogP contribution < -0.4 is 4.90 Å². The Hall–Kier alpha value is -1.24. The Kier molecular flexibility index (Phi) is 3.76. The molecule has 1 saturated carbocycles. The summed E-state index contributed by atoms with van der Waals surface area (Å²) in [6, 6.07) is 0.274. The third kappa shape index (κ3) is 2.71. The number of alkyl halides is 1. The van der Waals surface area contributed by atoms with Crippen LogP contribution in [0.1, 0.15) is 43.8 Å². The van der Waals surface area contributed by atoms with Gasteiger partial charge in [0.25, 0.3) is 0 Å². The summed E-state index contributed by atoms with van der Waals surface area (Å²) >= 11 is 1.50. The lowest BCUT2D eigenvalue weighted by Gasteiger charge is -2.36. The van der Waals surface area contributed by atoms with Crippen molar-refractivity contribution in [3.63, 3.8) is 0 Å². The lowest BCUT2D eigenvalue weighted by molar-refractivity contribution is -0.130. The second-order valence-electron chi connectivity index (χ2n) is 6.70. The summed E-state index contributed by atoms with van der Waals surface area (Å²) in [6.07, 6.45) is 4.74. The van der Waals surface area contributed by atoms with Crippen LogP contribution in [0.2, 0.25) is 0 Å². The molecule has 0 spiro atoms. The zero-order valence-corrected chi connectivity index (χ0v) is 13.4. The fourth-order valence-electron chi connectivity index (χ4n) is 3.50.